The van der Waals surface area contributed by atoms with Crippen LogP contribution in [0, 0.1) is 0 Å². The third-order valence-electron chi connectivity index (χ3n) is 1.43. The monoisotopic (exact) mass is 172 g/mol. The molecule has 0 aromatic carbocycles. The number of rotatable bonds is 0. The number of nitrogens with one attached hydrogen (secondary N) is 2. The van der Waals surface area contributed by atoms with Crippen LogP contribution in [0.15, 0.2) is 23.5 Å². The smallest absolute Gasteiger partial charge is 0.408 e. The Morgan fingerprint density at radius 1 is 1.55 bits per heavy atom. The Balaban J connectivity index is 0.000000605. The first kappa shape index (κ1) is 8.07. The number of aromatic nitrogens is 2. The molecule has 1 aromatic rings. The molecule has 0 spiro atoms. The van der Waals surface area contributed by atoms with Crippen molar-refractivity contribution in [3.63, 3.8) is 0 Å². The molecule has 1 aliphatic heterocycles. The first-order valence-corrected chi connectivity index (χ1v) is 3.30. The van der Waals surface area contributed by atoms with Crippen LogP contribution in [-0.2, 0) is 0 Å². The van der Waals surface area contributed by atoms with E-state index in [1.165, 1.54) is 0 Å². The van der Waals surface area contributed by atoms with E-state index in [1.807, 2.05) is 23.1 Å². The molecule has 0 aliphatic carbocycles. The summed E-state index contributed by atoms with van der Waals surface area (Å²) in [4.78, 5) is 4.22. The molecule has 60 valence electrons. The Hall–Kier alpha value is -1.03. The van der Waals surface area contributed by atoms with E-state index >= 15 is 0 Å². The van der Waals surface area contributed by atoms with Crippen molar-refractivity contribution in [3.05, 3.63) is 18.5 Å². The zero-order valence-corrected chi connectivity index (χ0v) is 6.67. The van der Waals surface area contributed by atoms with E-state index in [9.17, 15) is 0 Å². The van der Waals surface area contributed by atoms with Crippen LogP contribution in [0.4, 0.5) is 0 Å². The quantitative estimate of drug-likeness (QED) is 0.387. The number of hydrogen-bond donors (Lipinski definition) is 2. The molecular formula is C6H9ClN4. The molecule has 2 rings (SSSR count). The summed E-state index contributed by atoms with van der Waals surface area (Å²) in [5.41, 5.74) is 0. The van der Waals surface area contributed by atoms with E-state index in [0.29, 0.717) is 0 Å². The van der Waals surface area contributed by atoms with Gasteiger partial charge in [-0.15, -0.1) is 9.67 Å². The molecule has 0 amide bonds. The van der Waals surface area contributed by atoms with Crippen LogP contribution < -0.4 is 22.4 Å². The summed E-state index contributed by atoms with van der Waals surface area (Å²) in [6, 6.07) is 1.93. The molecule has 0 saturated carbocycles. The van der Waals surface area contributed by atoms with Crippen molar-refractivity contribution in [3.8, 4) is 0 Å². The molecule has 0 bridgehead atoms. The van der Waals surface area contributed by atoms with Crippen LogP contribution in [0.5, 0.6) is 0 Å². The highest BCUT2D eigenvalue weighted by Gasteiger charge is 2.15. The third-order valence-corrected chi connectivity index (χ3v) is 1.43. The average Bonchev–Trinajstić information content (AvgIpc) is 2.59. The minimum atomic E-state index is 0. The number of halogens is 1. The lowest BCUT2D eigenvalue weighted by atomic mass is 10.7. The molecule has 0 fully saturated rings. The highest BCUT2D eigenvalue weighted by Crippen LogP contribution is 1.80. The van der Waals surface area contributed by atoms with E-state index in [4.69, 9.17) is 0 Å². The summed E-state index contributed by atoms with van der Waals surface area (Å²) in [6.07, 6.45) is 3.79. The molecule has 0 atom stereocenters. The molecule has 1 aromatic heterocycles. The summed E-state index contributed by atoms with van der Waals surface area (Å²) in [5.74, 6) is 0.907. The van der Waals surface area contributed by atoms with Gasteiger partial charge in [0.1, 0.15) is 6.54 Å². The van der Waals surface area contributed by atoms with Crippen LogP contribution >= 0.6 is 0 Å². The van der Waals surface area contributed by atoms with Gasteiger partial charge in [-0.05, 0) is 6.07 Å². The van der Waals surface area contributed by atoms with Gasteiger partial charge < -0.3 is 12.4 Å². The molecule has 0 saturated heterocycles. The predicted octanol–water partition coefficient (Wildman–Crippen LogP) is -3.89. The first-order valence-electron chi connectivity index (χ1n) is 3.30. The van der Waals surface area contributed by atoms with Crippen molar-refractivity contribution >= 4 is 5.96 Å². The van der Waals surface area contributed by atoms with Gasteiger partial charge in [-0.1, -0.05) is 0 Å². The molecule has 1 aliphatic rings. The maximum absolute atomic E-state index is 4.22. The lowest BCUT2D eigenvalue weighted by Crippen LogP contribution is -3.00. The van der Waals surface area contributed by atoms with E-state index < -0.39 is 0 Å². The topological polar surface area (TPSA) is 44.1 Å². The second kappa shape index (κ2) is 3.39. The van der Waals surface area contributed by atoms with Gasteiger partial charge in [0.05, 0.1) is 12.7 Å². The molecule has 11 heavy (non-hydrogen) atoms. The van der Waals surface area contributed by atoms with Crippen LogP contribution in [0.2, 0.25) is 0 Å². The lowest BCUT2D eigenvalue weighted by molar-refractivity contribution is -0.620. The Morgan fingerprint density at radius 3 is 3.00 bits per heavy atom. The van der Waals surface area contributed by atoms with Gasteiger partial charge in [0.2, 0.25) is 0 Å². The zero-order chi connectivity index (χ0) is 6.81. The molecule has 0 unspecified atom stereocenters. The SMILES string of the molecule is [Cl-].c1c[nH][n+](C2=NCCN2)c1. The van der Waals surface area contributed by atoms with Gasteiger partial charge >= 0.3 is 5.96 Å². The van der Waals surface area contributed by atoms with Crippen LogP contribution in [0.1, 0.15) is 0 Å². The fourth-order valence-electron chi connectivity index (χ4n) is 0.974. The van der Waals surface area contributed by atoms with Crippen molar-refractivity contribution in [2.45, 2.75) is 0 Å². The summed E-state index contributed by atoms with van der Waals surface area (Å²) >= 11 is 0. The van der Waals surface area contributed by atoms with E-state index in [2.05, 4.69) is 15.4 Å². The average molecular weight is 173 g/mol. The highest BCUT2D eigenvalue weighted by molar-refractivity contribution is 5.71. The van der Waals surface area contributed by atoms with E-state index in [1.54, 1.807) is 0 Å². The number of aromatic amines is 1. The van der Waals surface area contributed by atoms with Crippen molar-refractivity contribution in [2.24, 2.45) is 4.99 Å². The number of nitrogens with zero attached hydrogens (tertiary/aromatic N) is 2. The Labute approximate surface area is 70.7 Å². The van der Waals surface area contributed by atoms with Crippen LogP contribution in [-0.4, -0.2) is 24.1 Å². The normalized spacial score (nSPS) is 15.1. The summed E-state index contributed by atoms with van der Waals surface area (Å²) < 4.78 is 1.85. The van der Waals surface area contributed by atoms with Gasteiger partial charge in [-0.25, -0.2) is 0 Å². The van der Waals surface area contributed by atoms with Gasteiger partial charge in [0.15, 0.2) is 0 Å². The Kier molecular flexibility index (Phi) is 2.48. The third kappa shape index (κ3) is 1.51. The number of hydrogen-bond acceptors (Lipinski definition) is 2. The zero-order valence-electron chi connectivity index (χ0n) is 5.92. The predicted molar refractivity (Wildman–Crippen MR) is 36.7 cm³/mol. The van der Waals surface area contributed by atoms with E-state index in [-0.39, 0.29) is 12.4 Å². The fourth-order valence-corrected chi connectivity index (χ4v) is 0.974. The molecule has 0 radical (unpaired) electrons. The molecule has 2 heterocycles. The maximum Gasteiger partial charge on any atom is 0.408 e. The molecular weight excluding hydrogens is 164 g/mol. The second-order valence-corrected chi connectivity index (χ2v) is 2.14. The first-order chi connectivity index (χ1) is 4.97. The minimum Gasteiger partial charge on any atom is -1.00 e. The molecule has 5 heteroatoms. The highest BCUT2D eigenvalue weighted by atomic mass is 35.5. The van der Waals surface area contributed by atoms with Crippen molar-refractivity contribution < 1.29 is 17.1 Å². The van der Waals surface area contributed by atoms with Gasteiger partial charge in [-0.3, -0.25) is 10.4 Å². The number of H-pyrrole nitrogens is 1. The van der Waals surface area contributed by atoms with Gasteiger partial charge in [0, 0.05) is 6.20 Å². The van der Waals surface area contributed by atoms with Gasteiger partial charge in [0.25, 0.3) is 0 Å². The van der Waals surface area contributed by atoms with E-state index in [0.717, 1.165) is 19.0 Å². The van der Waals surface area contributed by atoms with Crippen LogP contribution in [0.3, 0.4) is 0 Å². The van der Waals surface area contributed by atoms with Crippen molar-refractivity contribution in [2.75, 3.05) is 13.1 Å². The minimum absolute atomic E-state index is 0. The maximum atomic E-state index is 4.22. The summed E-state index contributed by atoms with van der Waals surface area (Å²) in [6.45, 7) is 1.82. The van der Waals surface area contributed by atoms with Crippen LogP contribution in [0.25, 0.3) is 0 Å². The fraction of sp³-hybridized carbons (Fsp3) is 0.333. The second-order valence-electron chi connectivity index (χ2n) is 2.14. The summed E-state index contributed by atoms with van der Waals surface area (Å²) in [7, 11) is 0. The Morgan fingerprint density at radius 2 is 2.45 bits per heavy atom. The Bertz CT molecular complexity index is 241. The molecule has 2 N–H and O–H groups in total. The summed E-state index contributed by atoms with van der Waals surface area (Å²) in [5, 5.41) is 6.14. The molecule has 4 nitrogen and oxygen atoms in total. The largest absolute Gasteiger partial charge is 1.00 e. The van der Waals surface area contributed by atoms with Crippen molar-refractivity contribution in [1.82, 2.24) is 10.4 Å². The lowest BCUT2D eigenvalue weighted by Gasteiger charge is -1.89. The van der Waals surface area contributed by atoms with Gasteiger partial charge in [-0.2, -0.15) is 0 Å². The van der Waals surface area contributed by atoms with Crippen molar-refractivity contribution in [1.29, 1.82) is 0 Å². The standard InChI is InChI=1S/C6H8N4.ClH/c1-2-9-10(5-1)6-7-3-4-8-6;/h1-2,5H,3-4H2,(H,7,8);1H. The number of aliphatic imine (C=N–C) groups is 1.